The third-order valence-electron chi connectivity index (χ3n) is 0.991. The highest BCUT2D eigenvalue weighted by Gasteiger charge is 1.81. The fraction of sp³-hybridized carbons (Fsp3) is 1.00. The highest BCUT2D eigenvalue weighted by Crippen LogP contribution is 1.87. The van der Waals surface area contributed by atoms with Crippen LogP contribution in [-0.4, -0.2) is 13.2 Å². The van der Waals surface area contributed by atoms with Gasteiger partial charge < -0.3 is 4.74 Å². The molecule has 0 amide bonds. The molecular formula is C10H28O. The molecule has 0 aromatic heterocycles. The van der Waals surface area contributed by atoms with Gasteiger partial charge in [0, 0.05) is 13.2 Å². The average Bonchev–Trinajstić information content (AvgIpc) is 1.81. The molecule has 0 aliphatic heterocycles. The van der Waals surface area contributed by atoms with Gasteiger partial charge in [0.25, 0.3) is 0 Å². The molecule has 0 N–H and O–H groups in total. The molecule has 0 rings (SSSR count). The minimum absolute atomic E-state index is 0. The van der Waals surface area contributed by atoms with E-state index in [1.54, 1.807) is 0 Å². The lowest BCUT2D eigenvalue weighted by molar-refractivity contribution is 0.132. The van der Waals surface area contributed by atoms with Crippen molar-refractivity contribution in [1.82, 2.24) is 0 Å². The van der Waals surface area contributed by atoms with Gasteiger partial charge in [-0.3, -0.25) is 0 Å². The lowest BCUT2D eigenvalue weighted by atomic mass is 10.4. The Morgan fingerprint density at radius 3 is 1.73 bits per heavy atom. The summed E-state index contributed by atoms with van der Waals surface area (Å²) >= 11 is 0. The van der Waals surface area contributed by atoms with Crippen LogP contribution in [-0.2, 0) is 4.74 Å². The molecule has 74 valence electrons. The van der Waals surface area contributed by atoms with E-state index in [0.29, 0.717) is 0 Å². The van der Waals surface area contributed by atoms with E-state index in [0.717, 1.165) is 19.6 Å². The van der Waals surface area contributed by atoms with Gasteiger partial charge in [0.15, 0.2) is 0 Å². The Morgan fingerprint density at radius 1 is 0.818 bits per heavy atom. The molecule has 11 heavy (non-hydrogen) atoms. The van der Waals surface area contributed by atoms with Crippen LogP contribution in [0.25, 0.3) is 0 Å². The van der Waals surface area contributed by atoms with Crippen molar-refractivity contribution in [3.8, 4) is 0 Å². The van der Waals surface area contributed by atoms with Crippen LogP contribution in [0.4, 0.5) is 0 Å². The van der Waals surface area contributed by atoms with E-state index in [9.17, 15) is 0 Å². The quantitative estimate of drug-likeness (QED) is 0.555. The lowest BCUT2D eigenvalue weighted by Gasteiger charge is -1.97. The third kappa shape index (κ3) is 25.7. The van der Waals surface area contributed by atoms with E-state index in [2.05, 4.69) is 13.8 Å². The van der Waals surface area contributed by atoms with Gasteiger partial charge in [0.05, 0.1) is 0 Å². The lowest BCUT2D eigenvalue weighted by Crippen LogP contribution is -1.93. The predicted molar refractivity (Wildman–Crippen MR) is 56.2 cm³/mol. The maximum atomic E-state index is 5.22. The second-order valence-electron chi connectivity index (χ2n) is 1.97. The Kier molecular flexibility index (Phi) is 45.9. The second-order valence-corrected chi connectivity index (χ2v) is 1.97. The molecule has 0 fully saturated rings. The molecule has 0 aliphatic rings. The maximum absolute atomic E-state index is 5.22. The van der Waals surface area contributed by atoms with Crippen LogP contribution in [0.2, 0.25) is 0 Å². The standard InChI is InChI=1S/C7H16O.3CH4/c1-3-5-7-8-6-4-2;;;/h3-7H2,1-2H3;3*1H4. The Bertz CT molecular complexity index is 29.9. The van der Waals surface area contributed by atoms with E-state index in [1.807, 2.05) is 0 Å². The minimum atomic E-state index is 0. The zero-order valence-electron chi connectivity index (χ0n) is 5.94. The summed E-state index contributed by atoms with van der Waals surface area (Å²) < 4.78 is 5.22. The fourth-order valence-corrected chi connectivity index (χ4v) is 0.493. The number of hydrogen-bond donors (Lipinski definition) is 0. The zero-order valence-corrected chi connectivity index (χ0v) is 5.94. The molecule has 0 radical (unpaired) electrons. The first-order chi connectivity index (χ1) is 3.91. The van der Waals surface area contributed by atoms with Crippen LogP contribution in [0.15, 0.2) is 0 Å². The van der Waals surface area contributed by atoms with Gasteiger partial charge in [-0.15, -0.1) is 0 Å². The molecule has 0 spiro atoms. The van der Waals surface area contributed by atoms with Crippen LogP contribution in [0.1, 0.15) is 55.4 Å². The van der Waals surface area contributed by atoms with Gasteiger partial charge in [-0.25, -0.2) is 0 Å². The summed E-state index contributed by atoms with van der Waals surface area (Å²) in [7, 11) is 0. The molecule has 0 saturated carbocycles. The Labute approximate surface area is 74.2 Å². The summed E-state index contributed by atoms with van der Waals surface area (Å²) in [6, 6.07) is 0. The summed E-state index contributed by atoms with van der Waals surface area (Å²) in [6.45, 7) is 6.19. The topological polar surface area (TPSA) is 9.23 Å². The van der Waals surface area contributed by atoms with Crippen LogP contribution in [0.3, 0.4) is 0 Å². The second kappa shape index (κ2) is 22.5. The van der Waals surface area contributed by atoms with Crippen molar-refractivity contribution in [2.45, 2.75) is 55.4 Å². The van der Waals surface area contributed by atoms with E-state index in [-0.39, 0.29) is 22.3 Å². The SMILES string of the molecule is C.C.C.CCCCOCCC. The van der Waals surface area contributed by atoms with Crippen molar-refractivity contribution in [1.29, 1.82) is 0 Å². The van der Waals surface area contributed by atoms with Gasteiger partial charge in [0.2, 0.25) is 0 Å². The molecular weight excluding hydrogens is 136 g/mol. The number of unbranched alkanes of at least 4 members (excludes halogenated alkanes) is 1. The van der Waals surface area contributed by atoms with E-state index < -0.39 is 0 Å². The summed E-state index contributed by atoms with van der Waals surface area (Å²) in [5.74, 6) is 0. The summed E-state index contributed by atoms with van der Waals surface area (Å²) in [4.78, 5) is 0. The number of rotatable bonds is 5. The summed E-state index contributed by atoms with van der Waals surface area (Å²) in [5.41, 5.74) is 0. The monoisotopic (exact) mass is 164 g/mol. The van der Waals surface area contributed by atoms with Gasteiger partial charge in [0.1, 0.15) is 0 Å². The Balaban J connectivity index is -0.0000000817. The van der Waals surface area contributed by atoms with Gasteiger partial charge in [-0.1, -0.05) is 42.5 Å². The van der Waals surface area contributed by atoms with Gasteiger partial charge in [-0.2, -0.15) is 0 Å². The molecule has 0 bridgehead atoms. The van der Waals surface area contributed by atoms with Crippen LogP contribution < -0.4 is 0 Å². The Hall–Kier alpha value is -0.0400. The first-order valence-electron chi connectivity index (χ1n) is 3.49. The van der Waals surface area contributed by atoms with E-state index >= 15 is 0 Å². The van der Waals surface area contributed by atoms with Crippen molar-refractivity contribution in [3.63, 3.8) is 0 Å². The summed E-state index contributed by atoms with van der Waals surface area (Å²) in [6.07, 6.45) is 3.59. The molecule has 0 atom stereocenters. The molecule has 1 nitrogen and oxygen atoms in total. The molecule has 0 heterocycles. The molecule has 0 aliphatic carbocycles. The maximum Gasteiger partial charge on any atom is 0.0465 e. The van der Waals surface area contributed by atoms with Crippen molar-refractivity contribution in [2.24, 2.45) is 0 Å². The largest absolute Gasteiger partial charge is 0.381 e. The summed E-state index contributed by atoms with van der Waals surface area (Å²) in [5, 5.41) is 0. The van der Waals surface area contributed by atoms with Gasteiger partial charge >= 0.3 is 0 Å². The number of ether oxygens (including phenoxy) is 1. The first kappa shape index (κ1) is 22.4. The van der Waals surface area contributed by atoms with Crippen molar-refractivity contribution < 1.29 is 4.74 Å². The smallest absolute Gasteiger partial charge is 0.0465 e. The third-order valence-corrected chi connectivity index (χ3v) is 0.991. The molecule has 0 unspecified atom stereocenters. The zero-order chi connectivity index (χ0) is 6.24. The number of hydrogen-bond acceptors (Lipinski definition) is 1. The van der Waals surface area contributed by atoms with Crippen LogP contribution in [0.5, 0.6) is 0 Å². The molecule has 1 heteroatoms. The Morgan fingerprint density at radius 2 is 1.36 bits per heavy atom. The fourth-order valence-electron chi connectivity index (χ4n) is 0.493. The molecule has 0 aromatic carbocycles. The highest BCUT2D eigenvalue weighted by atomic mass is 16.5. The van der Waals surface area contributed by atoms with Gasteiger partial charge in [-0.05, 0) is 12.8 Å². The van der Waals surface area contributed by atoms with Crippen molar-refractivity contribution >= 4 is 0 Å². The van der Waals surface area contributed by atoms with Crippen LogP contribution in [0, 0.1) is 0 Å². The minimum Gasteiger partial charge on any atom is -0.381 e. The average molecular weight is 164 g/mol. The van der Waals surface area contributed by atoms with Crippen molar-refractivity contribution in [3.05, 3.63) is 0 Å². The normalized spacial score (nSPS) is 7.09. The molecule has 0 saturated heterocycles. The molecule has 0 aromatic rings. The van der Waals surface area contributed by atoms with Crippen molar-refractivity contribution in [2.75, 3.05) is 13.2 Å². The van der Waals surface area contributed by atoms with E-state index in [1.165, 1.54) is 12.8 Å². The first-order valence-corrected chi connectivity index (χ1v) is 3.49. The van der Waals surface area contributed by atoms with E-state index in [4.69, 9.17) is 4.74 Å². The van der Waals surface area contributed by atoms with Crippen LogP contribution >= 0.6 is 0 Å². The predicted octanol–water partition coefficient (Wildman–Crippen LogP) is 4.12. The highest BCUT2D eigenvalue weighted by molar-refractivity contribution is 4.30.